The van der Waals surface area contributed by atoms with Gasteiger partial charge in [-0.25, -0.2) is 4.79 Å². The van der Waals surface area contributed by atoms with Crippen LogP contribution in [0.2, 0.25) is 0 Å². The molecule has 16 heavy (non-hydrogen) atoms. The van der Waals surface area contributed by atoms with Gasteiger partial charge in [0.25, 0.3) is 0 Å². The molecule has 0 spiro atoms. The minimum Gasteiger partial charge on any atom is -0.396 e. The van der Waals surface area contributed by atoms with Gasteiger partial charge in [0.15, 0.2) is 0 Å². The van der Waals surface area contributed by atoms with E-state index in [-0.39, 0.29) is 24.1 Å². The van der Waals surface area contributed by atoms with Crippen LogP contribution in [0.25, 0.3) is 0 Å². The molecule has 1 rings (SSSR count). The molecule has 0 aromatic carbocycles. The van der Waals surface area contributed by atoms with Gasteiger partial charge in [-0.15, -0.1) is 0 Å². The van der Waals surface area contributed by atoms with Crippen molar-refractivity contribution >= 4 is 6.03 Å². The lowest BCUT2D eigenvalue weighted by atomic mass is 9.86. The van der Waals surface area contributed by atoms with Crippen LogP contribution in [0.15, 0.2) is 0 Å². The molecule has 0 saturated heterocycles. The molecule has 0 bridgehead atoms. The molecule has 0 aromatic heterocycles. The predicted octanol–water partition coefficient (Wildman–Crippen LogP) is 1.49. The van der Waals surface area contributed by atoms with Gasteiger partial charge in [0.05, 0.1) is 6.61 Å². The van der Waals surface area contributed by atoms with Gasteiger partial charge >= 0.3 is 6.03 Å². The Labute approximate surface area is 97.8 Å². The van der Waals surface area contributed by atoms with E-state index < -0.39 is 0 Å². The van der Waals surface area contributed by atoms with E-state index >= 15 is 0 Å². The Morgan fingerprint density at radius 2 is 2.25 bits per heavy atom. The molecule has 1 aliphatic carbocycles. The number of rotatable bonds is 4. The summed E-state index contributed by atoms with van der Waals surface area (Å²) in [5.74, 6) is 0.457. The zero-order chi connectivity index (χ0) is 12.2. The maximum absolute atomic E-state index is 11.6. The highest BCUT2D eigenvalue weighted by Gasteiger charge is 2.38. The summed E-state index contributed by atoms with van der Waals surface area (Å²) in [5.41, 5.74) is -0.144. The van der Waals surface area contributed by atoms with Crippen molar-refractivity contribution in [1.29, 1.82) is 0 Å². The average molecular weight is 228 g/mol. The fourth-order valence-corrected chi connectivity index (χ4v) is 2.17. The summed E-state index contributed by atoms with van der Waals surface area (Å²) in [4.78, 5) is 11.6. The van der Waals surface area contributed by atoms with Crippen molar-refractivity contribution < 1.29 is 9.90 Å². The van der Waals surface area contributed by atoms with Crippen LogP contribution in [0.4, 0.5) is 4.79 Å². The van der Waals surface area contributed by atoms with E-state index in [9.17, 15) is 9.90 Å². The van der Waals surface area contributed by atoms with E-state index in [2.05, 4.69) is 24.5 Å². The van der Waals surface area contributed by atoms with E-state index in [1.807, 2.05) is 6.92 Å². The predicted molar refractivity (Wildman–Crippen MR) is 64.2 cm³/mol. The molecular formula is C12H24N2O2. The van der Waals surface area contributed by atoms with Crippen LogP contribution in [0, 0.1) is 11.3 Å². The fourth-order valence-electron chi connectivity index (χ4n) is 2.17. The Hall–Kier alpha value is -0.770. The summed E-state index contributed by atoms with van der Waals surface area (Å²) in [6.45, 7) is 6.99. The molecule has 3 N–H and O–H groups in total. The van der Waals surface area contributed by atoms with Crippen molar-refractivity contribution in [3.05, 3.63) is 0 Å². The molecule has 2 atom stereocenters. The van der Waals surface area contributed by atoms with Gasteiger partial charge in [-0.05, 0) is 18.8 Å². The van der Waals surface area contributed by atoms with Gasteiger partial charge in [0.1, 0.15) is 0 Å². The second kappa shape index (κ2) is 5.53. The molecule has 1 fully saturated rings. The maximum atomic E-state index is 11.6. The molecule has 0 aromatic rings. The number of hydrogen-bond donors (Lipinski definition) is 3. The standard InChI is InChI=1S/C12H24N2O2/c1-9(2)7-13-11(16)14-10-5-4-6-12(10,3)8-15/h9-10,15H,4-8H2,1-3H3,(H2,13,14,16). The minimum absolute atomic E-state index is 0.102. The number of carbonyl (C=O) groups excluding carboxylic acids is 1. The molecule has 2 amide bonds. The van der Waals surface area contributed by atoms with Crippen LogP contribution in [0.1, 0.15) is 40.0 Å². The first-order chi connectivity index (χ1) is 7.48. The number of nitrogens with one attached hydrogen (secondary N) is 2. The number of amides is 2. The van der Waals surface area contributed by atoms with Crippen molar-refractivity contribution in [3.8, 4) is 0 Å². The van der Waals surface area contributed by atoms with E-state index in [0.717, 1.165) is 19.3 Å². The number of urea groups is 1. The minimum atomic E-state index is -0.144. The summed E-state index contributed by atoms with van der Waals surface area (Å²) in [7, 11) is 0. The lowest BCUT2D eigenvalue weighted by Gasteiger charge is -2.30. The molecule has 0 heterocycles. The summed E-state index contributed by atoms with van der Waals surface area (Å²) in [6.07, 6.45) is 3.02. The summed E-state index contributed by atoms with van der Waals surface area (Å²) < 4.78 is 0. The second-order valence-corrected chi connectivity index (χ2v) is 5.51. The summed E-state index contributed by atoms with van der Waals surface area (Å²) in [6, 6.07) is -0.00932. The summed E-state index contributed by atoms with van der Waals surface area (Å²) in [5, 5.41) is 15.2. The lowest BCUT2D eigenvalue weighted by molar-refractivity contribution is 0.121. The van der Waals surface area contributed by atoms with Gasteiger partial charge < -0.3 is 15.7 Å². The first-order valence-electron chi connectivity index (χ1n) is 6.13. The highest BCUT2D eigenvalue weighted by molar-refractivity contribution is 5.74. The molecule has 4 nitrogen and oxygen atoms in total. The topological polar surface area (TPSA) is 61.4 Å². The largest absolute Gasteiger partial charge is 0.396 e. The van der Waals surface area contributed by atoms with E-state index in [1.165, 1.54) is 0 Å². The molecule has 2 unspecified atom stereocenters. The Morgan fingerprint density at radius 3 is 2.81 bits per heavy atom. The van der Waals surface area contributed by atoms with Crippen molar-refractivity contribution in [2.75, 3.05) is 13.2 Å². The molecule has 0 aliphatic heterocycles. The van der Waals surface area contributed by atoms with E-state index in [4.69, 9.17) is 0 Å². The van der Waals surface area contributed by atoms with E-state index in [1.54, 1.807) is 0 Å². The Morgan fingerprint density at radius 1 is 1.56 bits per heavy atom. The zero-order valence-corrected chi connectivity index (χ0v) is 10.5. The molecule has 1 aliphatic rings. The van der Waals surface area contributed by atoms with Crippen LogP contribution in [0.5, 0.6) is 0 Å². The van der Waals surface area contributed by atoms with Crippen LogP contribution in [0.3, 0.4) is 0 Å². The Bertz CT molecular complexity index is 243. The normalized spacial score (nSPS) is 29.4. The van der Waals surface area contributed by atoms with Gasteiger partial charge in [-0.2, -0.15) is 0 Å². The van der Waals surface area contributed by atoms with Gasteiger partial charge in [0.2, 0.25) is 0 Å². The second-order valence-electron chi connectivity index (χ2n) is 5.51. The van der Waals surface area contributed by atoms with Crippen LogP contribution in [-0.2, 0) is 0 Å². The smallest absolute Gasteiger partial charge is 0.315 e. The molecule has 94 valence electrons. The van der Waals surface area contributed by atoms with Crippen LogP contribution < -0.4 is 10.6 Å². The van der Waals surface area contributed by atoms with Crippen LogP contribution >= 0.6 is 0 Å². The molecule has 0 radical (unpaired) electrons. The quantitative estimate of drug-likeness (QED) is 0.682. The molecular weight excluding hydrogens is 204 g/mol. The molecule has 1 saturated carbocycles. The van der Waals surface area contributed by atoms with Crippen molar-refractivity contribution in [2.24, 2.45) is 11.3 Å². The van der Waals surface area contributed by atoms with Gasteiger partial charge in [-0.1, -0.05) is 27.2 Å². The number of carbonyl (C=O) groups is 1. The highest BCUT2D eigenvalue weighted by atomic mass is 16.3. The van der Waals surface area contributed by atoms with Gasteiger partial charge in [-0.3, -0.25) is 0 Å². The third-order valence-electron chi connectivity index (χ3n) is 3.42. The molecule has 4 heteroatoms. The number of aliphatic hydroxyl groups is 1. The third kappa shape index (κ3) is 3.37. The fraction of sp³-hybridized carbons (Fsp3) is 0.917. The number of aliphatic hydroxyl groups excluding tert-OH is 1. The Kier molecular flexibility index (Phi) is 4.59. The van der Waals surface area contributed by atoms with E-state index in [0.29, 0.717) is 12.5 Å². The van der Waals surface area contributed by atoms with Crippen molar-refractivity contribution in [1.82, 2.24) is 10.6 Å². The Balaban J connectivity index is 2.38. The first kappa shape index (κ1) is 13.3. The maximum Gasteiger partial charge on any atom is 0.315 e. The monoisotopic (exact) mass is 228 g/mol. The third-order valence-corrected chi connectivity index (χ3v) is 3.42. The van der Waals surface area contributed by atoms with Crippen molar-refractivity contribution in [2.45, 2.75) is 46.1 Å². The van der Waals surface area contributed by atoms with Crippen molar-refractivity contribution in [3.63, 3.8) is 0 Å². The number of hydrogen-bond acceptors (Lipinski definition) is 2. The SMILES string of the molecule is CC(C)CNC(=O)NC1CCCC1(C)CO. The zero-order valence-electron chi connectivity index (χ0n) is 10.5. The first-order valence-corrected chi connectivity index (χ1v) is 6.13. The van der Waals surface area contributed by atoms with Crippen LogP contribution in [-0.4, -0.2) is 30.3 Å². The van der Waals surface area contributed by atoms with Gasteiger partial charge in [0, 0.05) is 18.0 Å². The average Bonchev–Trinajstić information content (AvgIpc) is 2.58. The summed E-state index contributed by atoms with van der Waals surface area (Å²) >= 11 is 0. The highest BCUT2D eigenvalue weighted by Crippen LogP contribution is 2.37. The lowest BCUT2D eigenvalue weighted by Crippen LogP contribution is -2.49.